The lowest BCUT2D eigenvalue weighted by molar-refractivity contribution is 0.371. The van der Waals surface area contributed by atoms with Crippen molar-refractivity contribution in [3.63, 3.8) is 0 Å². The summed E-state index contributed by atoms with van der Waals surface area (Å²) in [4.78, 5) is 13.5. The van der Waals surface area contributed by atoms with Gasteiger partial charge in [-0.25, -0.2) is 4.98 Å². The van der Waals surface area contributed by atoms with Crippen molar-refractivity contribution in [2.75, 3.05) is 44.7 Å². The van der Waals surface area contributed by atoms with E-state index in [9.17, 15) is 0 Å². The van der Waals surface area contributed by atoms with Crippen LogP contribution in [0.25, 0.3) is 5.65 Å². The summed E-state index contributed by atoms with van der Waals surface area (Å²) in [6.07, 6.45) is 4.63. The van der Waals surface area contributed by atoms with E-state index in [2.05, 4.69) is 41.4 Å². The lowest BCUT2D eigenvalue weighted by atomic mass is 10.3. The Kier molecular flexibility index (Phi) is 7.01. The van der Waals surface area contributed by atoms with Crippen molar-refractivity contribution >= 4 is 41.4 Å². The first-order chi connectivity index (χ1) is 13.3. The fourth-order valence-electron chi connectivity index (χ4n) is 3.37. The second-order valence-corrected chi connectivity index (χ2v) is 6.43. The minimum absolute atomic E-state index is 0. The topological polar surface area (TPSA) is 74.0 Å². The van der Waals surface area contributed by atoms with E-state index in [-0.39, 0.29) is 24.0 Å². The molecule has 0 amide bonds. The van der Waals surface area contributed by atoms with Gasteiger partial charge in [-0.2, -0.15) is 0 Å². The highest BCUT2D eigenvalue weighted by molar-refractivity contribution is 14.0. The third kappa shape index (κ3) is 4.51. The normalized spacial score (nSPS) is 14.8. The van der Waals surface area contributed by atoms with Crippen molar-refractivity contribution in [3.8, 4) is 0 Å². The summed E-state index contributed by atoms with van der Waals surface area (Å²) in [5.74, 6) is 2.93. The van der Waals surface area contributed by atoms with Crippen LogP contribution >= 0.6 is 24.0 Å². The average Bonchev–Trinajstić information content (AvgIpc) is 3.15. The number of rotatable bonds is 4. The van der Waals surface area contributed by atoms with Crippen LogP contribution in [-0.2, 0) is 6.42 Å². The molecule has 0 bridgehead atoms. The molecule has 9 heteroatoms. The van der Waals surface area contributed by atoms with Crippen LogP contribution in [0.5, 0.6) is 0 Å². The van der Waals surface area contributed by atoms with E-state index in [4.69, 9.17) is 0 Å². The van der Waals surface area contributed by atoms with Gasteiger partial charge in [0.15, 0.2) is 11.6 Å². The first kappa shape index (κ1) is 20.3. The molecule has 148 valence electrons. The molecular weight excluding hydrogens is 467 g/mol. The number of nitrogens with one attached hydrogen (secondary N) is 1. The fraction of sp³-hybridized carbons (Fsp3) is 0.368. The Balaban J connectivity index is 0.00000225. The number of hydrogen-bond acceptors (Lipinski definition) is 5. The molecule has 4 heterocycles. The molecule has 1 fully saturated rings. The van der Waals surface area contributed by atoms with Crippen LogP contribution in [0.1, 0.15) is 5.82 Å². The van der Waals surface area contributed by atoms with Crippen LogP contribution in [0.15, 0.2) is 53.8 Å². The Labute approximate surface area is 181 Å². The average molecular weight is 492 g/mol. The Morgan fingerprint density at radius 1 is 1.07 bits per heavy atom. The quantitative estimate of drug-likeness (QED) is 0.340. The summed E-state index contributed by atoms with van der Waals surface area (Å²) in [6.45, 7) is 4.48. The number of piperazine rings is 1. The number of hydrogen-bond donors (Lipinski definition) is 1. The Hall–Kier alpha value is -2.43. The summed E-state index contributed by atoms with van der Waals surface area (Å²) in [5.41, 5.74) is 0.877. The van der Waals surface area contributed by atoms with Crippen LogP contribution in [0.2, 0.25) is 0 Å². The van der Waals surface area contributed by atoms with Crippen LogP contribution in [0.3, 0.4) is 0 Å². The Bertz CT molecular complexity index is 902. The van der Waals surface area contributed by atoms with E-state index in [1.807, 2.05) is 54.2 Å². The van der Waals surface area contributed by atoms with Crippen LogP contribution in [0.4, 0.5) is 5.82 Å². The van der Waals surface area contributed by atoms with Gasteiger partial charge in [-0.15, -0.1) is 34.2 Å². The number of guanidine groups is 1. The number of fused-ring (bicyclic) bond motifs is 1. The number of nitrogens with zero attached hydrogens (tertiary/aromatic N) is 7. The third-order valence-electron chi connectivity index (χ3n) is 4.78. The molecule has 0 aliphatic carbocycles. The highest BCUT2D eigenvalue weighted by Gasteiger charge is 2.20. The van der Waals surface area contributed by atoms with E-state index in [0.29, 0.717) is 0 Å². The van der Waals surface area contributed by atoms with Crippen molar-refractivity contribution in [1.82, 2.24) is 29.8 Å². The molecule has 0 unspecified atom stereocenters. The number of anilines is 1. The molecule has 0 aromatic carbocycles. The van der Waals surface area contributed by atoms with Crippen molar-refractivity contribution in [2.24, 2.45) is 4.99 Å². The van der Waals surface area contributed by atoms with Gasteiger partial charge in [-0.3, -0.25) is 9.39 Å². The van der Waals surface area contributed by atoms with E-state index in [1.54, 1.807) is 0 Å². The standard InChI is InChI=1S/C19H24N8.HI/c1-20-19(22-10-8-18-24-23-17-7-3-5-11-27(17)18)26-14-12-25(13-15-26)16-6-2-4-9-21-16;/h2-7,9,11H,8,10,12-15H2,1H3,(H,20,22);1H. The second kappa shape index (κ2) is 9.67. The van der Waals surface area contributed by atoms with Crippen molar-refractivity contribution in [3.05, 3.63) is 54.6 Å². The maximum absolute atomic E-state index is 4.45. The van der Waals surface area contributed by atoms with E-state index in [0.717, 1.165) is 62.4 Å². The summed E-state index contributed by atoms with van der Waals surface area (Å²) >= 11 is 0. The first-order valence-electron chi connectivity index (χ1n) is 9.25. The number of aromatic nitrogens is 4. The molecule has 1 saturated heterocycles. The minimum Gasteiger partial charge on any atom is -0.356 e. The van der Waals surface area contributed by atoms with Gasteiger partial charge in [0.1, 0.15) is 11.6 Å². The molecule has 1 aliphatic heterocycles. The zero-order chi connectivity index (χ0) is 18.5. The predicted molar refractivity (Wildman–Crippen MR) is 121 cm³/mol. The Morgan fingerprint density at radius 3 is 2.64 bits per heavy atom. The molecule has 4 rings (SSSR count). The first-order valence-corrected chi connectivity index (χ1v) is 9.25. The molecule has 8 nitrogen and oxygen atoms in total. The minimum atomic E-state index is 0. The predicted octanol–water partition coefficient (Wildman–Crippen LogP) is 1.68. The Morgan fingerprint density at radius 2 is 1.89 bits per heavy atom. The molecule has 0 spiro atoms. The molecule has 1 N–H and O–H groups in total. The summed E-state index contributed by atoms with van der Waals surface area (Å²) in [5, 5.41) is 11.9. The summed E-state index contributed by atoms with van der Waals surface area (Å²) in [7, 11) is 1.83. The molecule has 0 atom stereocenters. The summed E-state index contributed by atoms with van der Waals surface area (Å²) in [6, 6.07) is 12.0. The van der Waals surface area contributed by atoms with Crippen LogP contribution in [-0.4, -0.2) is 70.2 Å². The largest absolute Gasteiger partial charge is 0.356 e. The number of pyridine rings is 2. The fourth-order valence-corrected chi connectivity index (χ4v) is 3.37. The number of halogens is 1. The van der Waals surface area contributed by atoms with Gasteiger partial charge >= 0.3 is 0 Å². The SMILES string of the molecule is CN=C(NCCc1nnc2ccccn12)N1CCN(c2ccccn2)CC1.I. The smallest absolute Gasteiger partial charge is 0.193 e. The third-order valence-corrected chi connectivity index (χ3v) is 4.78. The van der Waals surface area contributed by atoms with Gasteiger partial charge in [0.05, 0.1) is 0 Å². The van der Waals surface area contributed by atoms with Crippen molar-refractivity contribution in [2.45, 2.75) is 6.42 Å². The van der Waals surface area contributed by atoms with Crippen molar-refractivity contribution in [1.29, 1.82) is 0 Å². The molecule has 3 aromatic rings. The van der Waals surface area contributed by atoms with E-state index >= 15 is 0 Å². The van der Waals surface area contributed by atoms with Crippen LogP contribution in [0, 0.1) is 0 Å². The van der Waals surface area contributed by atoms with Gasteiger partial charge in [0, 0.05) is 58.6 Å². The molecule has 0 radical (unpaired) electrons. The van der Waals surface area contributed by atoms with Gasteiger partial charge in [0.2, 0.25) is 0 Å². The summed E-state index contributed by atoms with van der Waals surface area (Å²) < 4.78 is 2.02. The zero-order valence-electron chi connectivity index (χ0n) is 15.9. The molecule has 0 saturated carbocycles. The molecule has 1 aliphatic rings. The van der Waals surface area contributed by atoms with Crippen LogP contribution < -0.4 is 10.2 Å². The highest BCUT2D eigenvalue weighted by Crippen LogP contribution is 2.12. The second-order valence-electron chi connectivity index (χ2n) is 6.43. The molecule has 3 aromatic heterocycles. The van der Waals surface area contributed by atoms with Gasteiger partial charge in [-0.05, 0) is 24.3 Å². The zero-order valence-corrected chi connectivity index (χ0v) is 18.2. The van der Waals surface area contributed by atoms with Gasteiger partial charge in [0.25, 0.3) is 0 Å². The maximum Gasteiger partial charge on any atom is 0.193 e. The number of aliphatic imine (C=N–C) groups is 1. The lowest BCUT2D eigenvalue weighted by Crippen LogP contribution is -2.53. The van der Waals surface area contributed by atoms with Gasteiger partial charge < -0.3 is 15.1 Å². The molecular formula is C19H25IN8. The highest BCUT2D eigenvalue weighted by atomic mass is 127. The molecule has 28 heavy (non-hydrogen) atoms. The lowest BCUT2D eigenvalue weighted by Gasteiger charge is -2.37. The van der Waals surface area contributed by atoms with Gasteiger partial charge in [-0.1, -0.05) is 12.1 Å². The maximum atomic E-state index is 4.45. The van der Waals surface area contributed by atoms with Crippen molar-refractivity contribution < 1.29 is 0 Å². The van der Waals surface area contributed by atoms with E-state index < -0.39 is 0 Å². The monoisotopic (exact) mass is 492 g/mol. The van der Waals surface area contributed by atoms with E-state index in [1.165, 1.54) is 0 Å².